The van der Waals surface area contributed by atoms with Crippen LogP contribution in [-0.4, -0.2) is 58.8 Å². The van der Waals surface area contributed by atoms with E-state index in [0.717, 1.165) is 49.9 Å². The molecular formula is C30H45N5O4. The quantitative estimate of drug-likeness (QED) is 0.362. The van der Waals surface area contributed by atoms with E-state index in [-0.39, 0.29) is 5.91 Å². The molecule has 1 aromatic heterocycles. The number of ether oxygens (including phenoxy) is 1. The molecule has 0 unspecified atom stereocenters. The number of rotatable bonds is 9. The van der Waals surface area contributed by atoms with Gasteiger partial charge in [-0.2, -0.15) is 11.0 Å². The molecule has 5 saturated carbocycles. The lowest BCUT2D eigenvalue weighted by Crippen LogP contribution is -2.55. The molecule has 39 heavy (non-hydrogen) atoms. The van der Waals surface area contributed by atoms with Crippen LogP contribution in [0, 0.1) is 29.6 Å². The van der Waals surface area contributed by atoms with E-state index in [0.29, 0.717) is 48.4 Å². The highest BCUT2D eigenvalue weighted by Gasteiger charge is 2.48. The Morgan fingerprint density at radius 1 is 1.00 bits per heavy atom. The fourth-order valence-electron chi connectivity index (χ4n) is 8.43. The number of amides is 1. The van der Waals surface area contributed by atoms with Crippen LogP contribution in [0.5, 0.6) is 5.88 Å². The summed E-state index contributed by atoms with van der Waals surface area (Å²) in [5.41, 5.74) is 1.66. The van der Waals surface area contributed by atoms with Gasteiger partial charge in [0, 0.05) is 31.8 Å². The molecule has 1 aromatic rings. The van der Waals surface area contributed by atoms with Gasteiger partial charge in [-0.15, -0.1) is 0 Å². The summed E-state index contributed by atoms with van der Waals surface area (Å²) in [5, 5.41) is 8.12. The predicted octanol–water partition coefficient (Wildman–Crippen LogP) is 3.84. The molecule has 5 aliphatic carbocycles. The van der Waals surface area contributed by atoms with Crippen molar-refractivity contribution >= 4 is 11.9 Å². The monoisotopic (exact) mass is 539 g/mol. The smallest absolute Gasteiger partial charge is 0.349 e. The van der Waals surface area contributed by atoms with E-state index < -0.39 is 5.97 Å². The fraction of sp³-hybridized carbons (Fsp3) is 0.767. The molecule has 1 amide bonds. The topological polar surface area (TPSA) is 112 Å². The average Bonchev–Trinajstić information content (AvgIpc) is 3.36. The molecule has 9 heteroatoms. The van der Waals surface area contributed by atoms with Crippen molar-refractivity contribution in [3.8, 4) is 5.88 Å². The van der Waals surface area contributed by atoms with Gasteiger partial charge in [0.15, 0.2) is 0 Å². The second kappa shape index (κ2) is 12.0. The van der Waals surface area contributed by atoms with Crippen molar-refractivity contribution < 1.29 is 19.2 Å². The maximum Gasteiger partial charge on any atom is 0.349 e. The summed E-state index contributed by atoms with van der Waals surface area (Å²) < 4.78 is 8.33. The number of hydrogen-bond acceptors (Lipinski definition) is 7. The first-order valence-corrected chi connectivity index (χ1v) is 15.4. The maximum absolute atomic E-state index is 13.7. The predicted molar refractivity (Wildman–Crippen MR) is 147 cm³/mol. The maximum atomic E-state index is 13.7. The normalized spacial score (nSPS) is 30.8. The molecule has 1 aliphatic heterocycles. The van der Waals surface area contributed by atoms with Gasteiger partial charge >= 0.3 is 5.97 Å². The van der Waals surface area contributed by atoms with Crippen molar-refractivity contribution in [2.45, 2.75) is 89.6 Å². The lowest BCUT2D eigenvalue weighted by atomic mass is 9.54. The van der Waals surface area contributed by atoms with E-state index >= 15 is 0 Å². The summed E-state index contributed by atoms with van der Waals surface area (Å²) in [6.45, 7) is 3.85. The lowest BCUT2D eigenvalue weighted by Gasteiger charge is -2.54. The number of likely N-dealkylation sites (tertiary alicyclic amines) is 1. The van der Waals surface area contributed by atoms with Crippen molar-refractivity contribution in [1.82, 2.24) is 20.0 Å². The first-order valence-electron chi connectivity index (χ1n) is 15.4. The van der Waals surface area contributed by atoms with Crippen LogP contribution in [-0.2, 0) is 16.2 Å². The van der Waals surface area contributed by atoms with Gasteiger partial charge in [0.1, 0.15) is 5.56 Å². The number of carbonyl (C=O) groups excluding carboxylic acids is 2. The zero-order chi connectivity index (χ0) is 26.8. The van der Waals surface area contributed by atoms with E-state index in [1.165, 1.54) is 70.3 Å². The van der Waals surface area contributed by atoms with Gasteiger partial charge in [-0.3, -0.25) is 4.79 Å². The highest BCUT2D eigenvalue weighted by molar-refractivity contribution is 5.96. The minimum Gasteiger partial charge on any atom is -0.477 e. The summed E-state index contributed by atoms with van der Waals surface area (Å²) in [6, 6.07) is 0.298. The second-order valence-electron chi connectivity index (χ2n) is 12.9. The van der Waals surface area contributed by atoms with Crippen LogP contribution in [0.15, 0.2) is 17.8 Å². The van der Waals surface area contributed by atoms with Crippen molar-refractivity contribution in [3.05, 3.63) is 23.4 Å². The third kappa shape index (κ3) is 6.19. The summed E-state index contributed by atoms with van der Waals surface area (Å²) in [6.07, 6.45) is 17.6. The number of nitrogens with two attached hydrogens (primary N) is 1. The zero-order valence-electron chi connectivity index (χ0n) is 23.2. The first kappa shape index (κ1) is 26.8. The Hall–Kier alpha value is -2.39. The molecule has 0 spiro atoms. The summed E-state index contributed by atoms with van der Waals surface area (Å²) in [5.74, 6) is 8.68. The van der Waals surface area contributed by atoms with Crippen LogP contribution in [0.4, 0.5) is 0 Å². The molecule has 6 aliphatic rings. The van der Waals surface area contributed by atoms with E-state index in [1.54, 1.807) is 6.20 Å². The molecule has 9 nitrogen and oxygen atoms in total. The number of hydrogen-bond donors (Lipinski definition) is 2. The molecule has 0 atom stereocenters. The Kier molecular flexibility index (Phi) is 8.25. The third-order valence-electron chi connectivity index (χ3n) is 10.3. The van der Waals surface area contributed by atoms with Crippen LogP contribution < -0.4 is 16.0 Å². The molecule has 7 rings (SSSR count). The number of carbonyl (C=O) groups is 2. The van der Waals surface area contributed by atoms with Crippen LogP contribution in [0.3, 0.4) is 0 Å². The molecule has 4 bridgehead atoms. The first-order chi connectivity index (χ1) is 19.1. The minimum absolute atomic E-state index is 0.0168. The van der Waals surface area contributed by atoms with E-state index in [1.807, 2.05) is 4.68 Å². The number of aromatic nitrogens is 2. The lowest BCUT2D eigenvalue weighted by molar-refractivity contribution is -0.138. The van der Waals surface area contributed by atoms with Crippen molar-refractivity contribution in [1.29, 1.82) is 0 Å². The largest absolute Gasteiger partial charge is 0.477 e. The van der Waals surface area contributed by atoms with E-state index in [4.69, 9.17) is 10.6 Å². The highest BCUT2D eigenvalue weighted by atomic mass is 16.7. The molecular weight excluding hydrogens is 494 g/mol. The van der Waals surface area contributed by atoms with E-state index in [2.05, 4.69) is 20.2 Å². The Morgan fingerprint density at radius 2 is 1.69 bits per heavy atom. The SMILES string of the molecule is NOC(=O)C=C1CCN(CCn2ncc(C(=O)NC3C4CC5CC(C4)CC3C5)c2OCC2CCCCC2)CC1. The molecule has 2 heterocycles. The summed E-state index contributed by atoms with van der Waals surface area (Å²) >= 11 is 0. The Bertz CT molecular complexity index is 1020. The number of nitrogens with one attached hydrogen (secondary N) is 1. The Morgan fingerprint density at radius 3 is 2.36 bits per heavy atom. The zero-order valence-corrected chi connectivity index (χ0v) is 23.2. The Balaban J connectivity index is 1.11. The van der Waals surface area contributed by atoms with Crippen LogP contribution in [0.1, 0.15) is 87.4 Å². The summed E-state index contributed by atoms with van der Waals surface area (Å²) in [4.78, 5) is 31.8. The fourth-order valence-corrected chi connectivity index (χ4v) is 8.43. The molecule has 3 N–H and O–H groups in total. The molecule has 214 valence electrons. The Labute approximate surface area is 231 Å². The standard InChI is InChI=1S/C30H45N5O4/c31-39-27(36)17-20-6-8-34(9-7-20)10-11-35-30(38-19-21-4-2-1-3-5-21)26(18-32-35)29(37)33-28-24-13-22-12-23(15-24)16-25(28)14-22/h17-18,21-25,28H,1-16,19,31H2,(H,33,37). The van der Waals surface area contributed by atoms with Gasteiger partial charge in [0.2, 0.25) is 5.88 Å². The van der Waals surface area contributed by atoms with Gasteiger partial charge in [-0.05, 0) is 87.4 Å². The van der Waals surface area contributed by atoms with Crippen molar-refractivity contribution in [2.24, 2.45) is 35.5 Å². The van der Waals surface area contributed by atoms with Gasteiger partial charge < -0.3 is 19.8 Å². The summed E-state index contributed by atoms with van der Waals surface area (Å²) in [7, 11) is 0. The van der Waals surface area contributed by atoms with E-state index in [9.17, 15) is 9.59 Å². The van der Waals surface area contributed by atoms with Gasteiger partial charge in [0.05, 0.1) is 19.3 Å². The highest BCUT2D eigenvalue weighted by Crippen LogP contribution is 2.53. The van der Waals surface area contributed by atoms with Gasteiger partial charge in [0.25, 0.3) is 5.91 Å². The minimum atomic E-state index is -0.491. The van der Waals surface area contributed by atoms with Gasteiger partial charge in [-0.25, -0.2) is 9.48 Å². The number of piperidine rings is 1. The molecule has 0 radical (unpaired) electrons. The molecule has 1 saturated heterocycles. The van der Waals surface area contributed by atoms with Gasteiger partial charge in [-0.1, -0.05) is 24.8 Å². The van der Waals surface area contributed by atoms with Crippen LogP contribution in [0.25, 0.3) is 0 Å². The third-order valence-corrected chi connectivity index (χ3v) is 10.3. The van der Waals surface area contributed by atoms with Crippen LogP contribution >= 0.6 is 0 Å². The second-order valence-corrected chi connectivity index (χ2v) is 12.9. The molecule has 6 fully saturated rings. The van der Waals surface area contributed by atoms with Crippen LogP contribution in [0.2, 0.25) is 0 Å². The average molecular weight is 540 g/mol. The van der Waals surface area contributed by atoms with Crippen molar-refractivity contribution in [3.63, 3.8) is 0 Å². The van der Waals surface area contributed by atoms with Crippen molar-refractivity contribution in [2.75, 3.05) is 26.2 Å². The number of nitrogens with zero attached hydrogens (tertiary/aromatic N) is 3. The molecule has 0 aromatic carbocycles.